The van der Waals surface area contributed by atoms with E-state index in [1.165, 1.54) is 5.57 Å². The molecule has 1 fully saturated rings. The highest BCUT2D eigenvalue weighted by Crippen LogP contribution is 2.64. The minimum Gasteiger partial charge on any atom is -0.543 e. The Labute approximate surface area is 143 Å². The summed E-state index contributed by atoms with van der Waals surface area (Å²) in [4.78, 5) is 0. The maximum atomic E-state index is 9.63. The van der Waals surface area contributed by atoms with E-state index in [9.17, 15) is 5.26 Å². The lowest BCUT2D eigenvalue weighted by molar-refractivity contribution is 0.0692. The van der Waals surface area contributed by atoms with Crippen LogP contribution in [0.25, 0.3) is 0 Å². The minimum atomic E-state index is -1.93. The first-order chi connectivity index (χ1) is 10.6. The van der Waals surface area contributed by atoms with Gasteiger partial charge in [-0.05, 0) is 55.0 Å². The van der Waals surface area contributed by atoms with Gasteiger partial charge in [0.15, 0.2) is 0 Å². The van der Waals surface area contributed by atoms with Gasteiger partial charge in [-0.15, -0.1) is 0 Å². The Bertz CT molecular complexity index is 559. The Balaban J connectivity index is 2.42. The molecule has 2 rings (SSSR count). The second-order valence-electron chi connectivity index (χ2n) is 8.66. The zero-order valence-electron chi connectivity index (χ0n) is 16.2. The molecular weight excluding hydrogens is 298 g/mol. The third-order valence-electron chi connectivity index (χ3n) is 6.80. The normalized spacial score (nSPS) is 30.5. The molecule has 2 aliphatic carbocycles. The van der Waals surface area contributed by atoms with Crippen LogP contribution in [0.3, 0.4) is 0 Å². The second kappa shape index (κ2) is 5.81. The second-order valence-corrected chi connectivity index (χ2v) is 14.0. The summed E-state index contributed by atoms with van der Waals surface area (Å²) in [5, 5.41) is 9.63. The summed E-state index contributed by atoms with van der Waals surface area (Å²) in [6.45, 7) is 18.2. The van der Waals surface area contributed by atoms with E-state index < -0.39 is 8.32 Å². The average molecular weight is 332 g/mol. The van der Waals surface area contributed by atoms with E-state index in [1.54, 1.807) is 0 Å². The molecule has 0 amide bonds. The Morgan fingerprint density at radius 3 is 1.96 bits per heavy atom. The fraction of sp³-hybridized carbons (Fsp3) is 0.750. The summed E-state index contributed by atoms with van der Waals surface area (Å²) in [5.41, 5.74) is 2.63. The molecule has 2 aliphatic rings. The average Bonchev–Trinajstić information content (AvgIpc) is 2.80. The quantitative estimate of drug-likeness (QED) is 0.551. The molecule has 1 spiro atoms. The van der Waals surface area contributed by atoms with Crippen LogP contribution in [0.15, 0.2) is 23.5 Å². The molecule has 3 heteroatoms. The van der Waals surface area contributed by atoms with Crippen LogP contribution in [0.2, 0.25) is 16.6 Å². The van der Waals surface area contributed by atoms with Crippen molar-refractivity contribution < 1.29 is 4.43 Å². The van der Waals surface area contributed by atoms with Crippen molar-refractivity contribution in [1.29, 1.82) is 5.26 Å². The molecule has 2 nitrogen and oxygen atoms in total. The molecule has 0 bridgehead atoms. The first kappa shape index (κ1) is 18.3. The van der Waals surface area contributed by atoms with Gasteiger partial charge in [-0.3, -0.25) is 0 Å². The van der Waals surface area contributed by atoms with E-state index in [4.69, 9.17) is 4.43 Å². The first-order valence-electron chi connectivity index (χ1n) is 9.08. The monoisotopic (exact) mass is 331 g/mol. The molecule has 23 heavy (non-hydrogen) atoms. The molecule has 0 aromatic carbocycles. The fourth-order valence-electron chi connectivity index (χ4n) is 5.14. The van der Waals surface area contributed by atoms with Crippen molar-refractivity contribution in [3.8, 4) is 6.07 Å². The molecule has 0 aromatic rings. The molecule has 0 unspecified atom stereocenters. The van der Waals surface area contributed by atoms with Gasteiger partial charge >= 0.3 is 0 Å². The topological polar surface area (TPSA) is 33.0 Å². The van der Waals surface area contributed by atoms with Crippen LogP contribution < -0.4 is 0 Å². The van der Waals surface area contributed by atoms with Gasteiger partial charge < -0.3 is 4.43 Å². The SMILES string of the molecule is CC1=C(O[Si](C(C)C)(C(C)C)C(C)C)C=C[C@]12CC[C@@]2(C)C#N. The molecule has 2 atom stereocenters. The maximum absolute atomic E-state index is 9.63. The molecule has 0 aliphatic heterocycles. The van der Waals surface area contributed by atoms with Gasteiger partial charge in [-0.2, -0.15) is 5.26 Å². The third kappa shape index (κ3) is 2.33. The van der Waals surface area contributed by atoms with Crippen molar-refractivity contribution in [3.63, 3.8) is 0 Å². The van der Waals surface area contributed by atoms with Crippen molar-refractivity contribution >= 4 is 8.32 Å². The highest BCUT2D eigenvalue weighted by molar-refractivity contribution is 6.77. The van der Waals surface area contributed by atoms with Crippen LogP contribution >= 0.6 is 0 Å². The van der Waals surface area contributed by atoms with Crippen LogP contribution in [0.1, 0.15) is 68.2 Å². The van der Waals surface area contributed by atoms with Gasteiger partial charge in [0.2, 0.25) is 0 Å². The maximum Gasteiger partial charge on any atom is 0.258 e. The van der Waals surface area contributed by atoms with Crippen LogP contribution in [0, 0.1) is 22.2 Å². The van der Waals surface area contributed by atoms with Gasteiger partial charge in [0.05, 0.1) is 11.5 Å². The lowest BCUT2D eigenvalue weighted by Gasteiger charge is -2.52. The molecule has 0 N–H and O–H groups in total. The standard InChI is InChI=1S/C20H33NOSi/c1-14(2)23(15(3)4,16(5)6)22-18-9-10-20(17(18)7)12-11-19(20,8)13-21/h9-10,14-16H,11-12H2,1-8H3/t19-,20-/m0/s1. The van der Waals surface area contributed by atoms with E-state index in [0.717, 1.165) is 18.6 Å². The summed E-state index contributed by atoms with van der Waals surface area (Å²) in [6, 6.07) is 2.56. The molecule has 0 aromatic heterocycles. The minimum absolute atomic E-state index is 0.0812. The number of nitriles is 1. The number of hydrogen-bond acceptors (Lipinski definition) is 2. The van der Waals surface area contributed by atoms with Crippen LogP contribution in [0.4, 0.5) is 0 Å². The Hall–Kier alpha value is -1.01. The lowest BCUT2D eigenvalue weighted by atomic mass is 9.49. The predicted molar refractivity (Wildman–Crippen MR) is 99.4 cm³/mol. The largest absolute Gasteiger partial charge is 0.543 e. The number of nitrogens with zero attached hydrogens (tertiary/aromatic N) is 1. The Morgan fingerprint density at radius 2 is 1.61 bits per heavy atom. The zero-order chi connectivity index (χ0) is 17.6. The molecule has 0 heterocycles. The number of hydrogen-bond donors (Lipinski definition) is 0. The van der Waals surface area contributed by atoms with Crippen molar-refractivity contribution in [2.75, 3.05) is 0 Å². The molecular formula is C20H33NOSi. The van der Waals surface area contributed by atoms with E-state index in [0.29, 0.717) is 16.6 Å². The van der Waals surface area contributed by atoms with Crippen LogP contribution in [0.5, 0.6) is 0 Å². The van der Waals surface area contributed by atoms with Gasteiger partial charge in [-0.1, -0.05) is 47.6 Å². The van der Waals surface area contributed by atoms with Gasteiger partial charge in [0.1, 0.15) is 5.76 Å². The summed E-state index contributed by atoms with van der Waals surface area (Å²) in [5.74, 6) is 1.06. The third-order valence-corrected chi connectivity index (χ3v) is 12.8. The number of rotatable bonds is 5. The predicted octanol–water partition coefficient (Wildman–Crippen LogP) is 6.33. The first-order valence-corrected chi connectivity index (χ1v) is 11.2. The molecule has 0 radical (unpaired) electrons. The van der Waals surface area contributed by atoms with Crippen LogP contribution in [-0.4, -0.2) is 8.32 Å². The van der Waals surface area contributed by atoms with E-state index in [2.05, 4.69) is 73.6 Å². The summed E-state index contributed by atoms with van der Waals surface area (Å²) in [7, 11) is -1.93. The summed E-state index contributed by atoms with van der Waals surface area (Å²) >= 11 is 0. The van der Waals surface area contributed by atoms with Gasteiger partial charge in [0, 0.05) is 5.41 Å². The summed E-state index contributed by atoms with van der Waals surface area (Å²) in [6.07, 6.45) is 6.48. The van der Waals surface area contributed by atoms with E-state index in [1.807, 2.05) is 0 Å². The smallest absolute Gasteiger partial charge is 0.258 e. The Morgan fingerprint density at radius 1 is 1.09 bits per heavy atom. The highest BCUT2D eigenvalue weighted by atomic mass is 28.4. The van der Waals surface area contributed by atoms with Crippen molar-refractivity contribution in [2.45, 2.75) is 84.9 Å². The Kier molecular flexibility index (Phi) is 4.63. The van der Waals surface area contributed by atoms with Crippen LogP contribution in [-0.2, 0) is 4.43 Å². The zero-order valence-corrected chi connectivity index (χ0v) is 17.2. The van der Waals surface area contributed by atoms with Gasteiger partial charge in [-0.25, -0.2) is 0 Å². The van der Waals surface area contributed by atoms with Crippen molar-refractivity contribution in [1.82, 2.24) is 0 Å². The van der Waals surface area contributed by atoms with Crippen molar-refractivity contribution in [2.24, 2.45) is 10.8 Å². The summed E-state index contributed by atoms with van der Waals surface area (Å²) < 4.78 is 6.89. The molecule has 0 saturated heterocycles. The van der Waals surface area contributed by atoms with Crippen molar-refractivity contribution in [3.05, 3.63) is 23.5 Å². The van der Waals surface area contributed by atoms with E-state index >= 15 is 0 Å². The fourth-order valence-corrected chi connectivity index (χ4v) is 10.4. The molecule has 1 saturated carbocycles. The highest BCUT2D eigenvalue weighted by Gasteiger charge is 2.59. The van der Waals surface area contributed by atoms with E-state index in [-0.39, 0.29) is 10.8 Å². The molecule has 128 valence electrons. The van der Waals surface area contributed by atoms with Gasteiger partial charge in [0.25, 0.3) is 8.32 Å². The number of allylic oxidation sites excluding steroid dienone is 3. The lowest BCUT2D eigenvalue weighted by Crippen LogP contribution is -2.49.